The van der Waals surface area contributed by atoms with E-state index in [-0.39, 0.29) is 5.82 Å². The summed E-state index contributed by atoms with van der Waals surface area (Å²) < 4.78 is 17.3. The van der Waals surface area contributed by atoms with E-state index in [1.165, 1.54) is 36.1 Å². The monoisotopic (exact) mass is 406 g/mol. The van der Waals surface area contributed by atoms with E-state index < -0.39 is 0 Å². The molecule has 1 aliphatic heterocycles. The molecule has 7 heteroatoms. The van der Waals surface area contributed by atoms with E-state index in [0.717, 1.165) is 51.1 Å². The van der Waals surface area contributed by atoms with Crippen LogP contribution < -0.4 is 4.90 Å². The van der Waals surface area contributed by atoms with Crippen LogP contribution in [0.25, 0.3) is 11.3 Å². The number of nitrogens with zero attached hydrogens (tertiary/aromatic N) is 6. The van der Waals surface area contributed by atoms with Gasteiger partial charge in [0.25, 0.3) is 0 Å². The molecule has 2 aromatic heterocycles. The summed E-state index contributed by atoms with van der Waals surface area (Å²) in [6, 6.07) is 9.46. The molecule has 1 saturated heterocycles. The van der Waals surface area contributed by atoms with Crippen molar-refractivity contribution in [2.75, 3.05) is 31.1 Å². The lowest BCUT2D eigenvalue weighted by atomic mass is 9.95. The minimum atomic E-state index is -0.337. The van der Waals surface area contributed by atoms with Crippen LogP contribution in [0.15, 0.2) is 36.7 Å². The normalized spacial score (nSPS) is 17.2. The van der Waals surface area contributed by atoms with Gasteiger partial charge in [0.15, 0.2) is 11.6 Å². The maximum Gasteiger partial charge on any atom is 0.191 e. The summed E-state index contributed by atoms with van der Waals surface area (Å²) in [6.45, 7) is 4.11. The Balaban J connectivity index is 1.28. The van der Waals surface area contributed by atoms with Crippen LogP contribution >= 0.6 is 0 Å². The Morgan fingerprint density at radius 3 is 2.53 bits per heavy atom. The van der Waals surface area contributed by atoms with Crippen LogP contribution in [-0.2, 0) is 26.4 Å². The summed E-state index contributed by atoms with van der Waals surface area (Å²) >= 11 is 0. The van der Waals surface area contributed by atoms with Crippen molar-refractivity contribution in [3.05, 3.63) is 59.4 Å². The number of hydrogen-bond acceptors (Lipinski definition) is 5. The summed E-state index contributed by atoms with van der Waals surface area (Å²) in [6.07, 6.45) is 6.28. The molecule has 0 atom stereocenters. The predicted molar refractivity (Wildman–Crippen MR) is 115 cm³/mol. The zero-order valence-electron chi connectivity index (χ0n) is 17.4. The third-order valence-electron chi connectivity index (χ3n) is 6.31. The number of aromatic nitrogens is 4. The van der Waals surface area contributed by atoms with Crippen molar-refractivity contribution in [2.45, 2.75) is 32.2 Å². The summed E-state index contributed by atoms with van der Waals surface area (Å²) in [5, 5.41) is 4.80. The molecule has 1 aliphatic carbocycles. The number of rotatable bonds is 4. The molecule has 1 aromatic carbocycles. The molecule has 2 aliphatic rings. The second-order valence-corrected chi connectivity index (χ2v) is 8.19. The van der Waals surface area contributed by atoms with Gasteiger partial charge in [-0.1, -0.05) is 30.3 Å². The molecular formula is C23H27FN6. The minimum absolute atomic E-state index is 0.337. The summed E-state index contributed by atoms with van der Waals surface area (Å²) in [5.41, 5.74) is 5.23. The highest BCUT2D eigenvalue weighted by atomic mass is 19.1. The van der Waals surface area contributed by atoms with E-state index >= 15 is 4.39 Å². The van der Waals surface area contributed by atoms with Crippen LogP contribution in [0.3, 0.4) is 0 Å². The molecule has 0 amide bonds. The Morgan fingerprint density at radius 1 is 0.967 bits per heavy atom. The van der Waals surface area contributed by atoms with Gasteiger partial charge >= 0.3 is 0 Å². The molecule has 0 unspecified atom stereocenters. The van der Waals surface area contributed by atoms with E-state index in [0.29, 0.717) is 11.5 Å². The predicted octanol–water partition coefficient (Wildman–Crippen LogP) is 3.22. The van der Waals surface area contributed by atoms with Gasteiger partial charge in [-0.05, 0) is 31.2 Å². The van der Waals surface area contributed by atoms with E-state index in [2.05, 4.69) is 26.6 Å². The lowest BCUT2D eigenvalue weighted by molar-refractivity contribution is 0.244. The standard InChI is InChI=1S/C23H27FN6/c1-28-20-10-6-5-9-18(20)19(27-28)15-29-11-13-30(14-12-29)23-21(24)22(25-16-26-23)17-7-3-2-4-8-17/h2-4,7-8,16H,5-6,9-15H2,1H3. The smallest absolute Gasteiger partial charge is 0.191 e. The van der Waals surface area contributed by atoms with Crippen LogP contribution in [0.4, 0.5) is 10.2 Å². The van der Waals surface area contributed by atoms with Crippen LogP contribution in [0.1, 0.15) is 29.8 Å². The minimum Gasteiger partial charge on any atom is -0.352 e. The highest BCUT2D eigenvalue weighted by Gasteiger charge is 2.25. The maximum absolute atomic E-state index is 15.2. The van der Waals surface area contributed by atoms with Gasteiger partial charge in [0.05, 0.1) is 5.69 Å². The lowest BCUT2D eigenvalue weighted by Gasteiger charge is -2.35. The summed E-state index contributed by atoms with van der Waals surface area (Å²) in [7, 11) is 2.06. The quantitative estimate of drug-likeness (QED) is 0.666. The largest absolute Gasteiger partial charge is 0.352 e. The number of anilines is 1. The summed E-state index contributed by atoms with van der Waals surface area (Å²) in [4.78, 5) is 12.9. The Labute approximate surface area is 176 Å². The van der Waals surface area contributed by atoms with Crippen LogP contribution in [-0.4, -0.2) is 50.8 Å². The van der Waals surface area contributed by atoms with Gasteiger partial charge in [-0.15, -0.1) is 0 Å². The molecule has 0 radical (unpaired) electrons. The van der Waals surface area contributed by atoms with Gasteiger partial charge in [0.2, 0.25) is 0 Å². The van der Waals surface area contributed by atoms with Crippen LogP contribution in [0.5, 0.6) is 0 Å². The molecule has 0 saturated carbocycles. The fraction of sp³-hybridized carbons (Fsp3) is 0.435. The Bertz CT molecular complexity index is 1020. The third-order valence-corrected chi connectivity index (χ3v) is 6.31. The van der Waals surface area contributed by atoms with E-state index in [1.54, 1.807) is 0 Å². The number of hydrogen-bond donors (Lipinski definition) is 0. The molecule has 3 aromatic rings. The number of benzene rings is 1. The average molecular weight is 407 g/mol. The Kier molecular flexibility index (Phi) is 5.21. The first kappa shape index (κ1) is 19.2. The Hall–Kier alpha value is -2.80. The van der Waals surface area contributed by atoms with Crippen molar-refractivity contribution in [2.24, 2.45) is 7.05 Å². The van der Waals surface area contributed by atoms with Gasteiger partial charge in [-0.2, -0.15) is 5.10 Å². The van der Waals surface area contributed by atoms with Crippen molar-refractivity contribution >= 4 is 5.82 Å². The average Bonchev–Trinajstić information content (AvgIpc) is 3.11. The molecule has 3 heterocycles. The first-order valence-corrected chi connectivity index (χ1v) is 10.8. The molecule has 5 rings (SSSR count). The number of fused-ring (bicyclic) bond motifs is 1. The van der Waals surface area contributed by atoms with E-state index in [9.17, 15) is 0 Å². The van der Waals surface area contributed by atoms with Crippen LogP contribution in [0, 0.1) is 5.82 Å². The molecule has 30 heavy (non-hydrogen) atoms. The molecule has 1 fully saturated rings. The van der Waals surface area contributed by atoms with Gasteiger partial charge < -0.3 is 4.90 Å². The second kappa shape index (κ2) is 8.14. The number of piperazine rings is 1. The molecule has 0 spiro atoms. The molecular weight excluding hydrogens is 379 g/mol. The molecule has 156 valence electrons. The van der Waals surface area contributed by atoms with Crippen molar-refractivity contribution in [3.8, 4) is 11.3 Å². The zero-order chi connectivity index (χ0) is 20.5. The summed E-state index contributed by atoms with van der Waals surface area (Å²) in [5.74, 6) is 0.0645. The zero-order valence-corrected chi connectivity index (χ0v) is 17.4. The fourth-order valence-corrected chi connectivity index (χ4v) is 4.69. The SMILES string of the molecule is Cn1nc(CN2CCN(c3ncnc(-c4ccccc4)c3F)CC2)c2c1CCCC2. The lowest BCUT2D eigenvalue weighted by Crippen LogP contribution is -2.46. The first-order chi connectivity index (χ1) is 14.7. The topological polar surface area (TPSA) is 50.1 Å². The molecule has 0 bridgehead atoms. The molecule has 6 nitrogen and oxygen atoms in total. The maximum atomic E-state index is 15.2. The Morgan fingerprint density at radius 2 is 1.73 bits per heavy atom. The fourth-order valence-electron chi connectivity index (χ4n) is 4.69. The number of halogens is 1. The van der Waals surface area contributed by atoms with Crippen molar-refractivity contribution in [1.82, 2.24) is 24.6 Å². The van der Waals surface area contributed by atoms with Crippen molar-refractivity contribution < 1.29 is 4.39 Å². The first-order valence-electron chi connectivity index (χ1n) is 10.8. The van der Waals surface area contributed by atoms with Gasteiger partial charge in [-0.3, -0.25) is 9.58 Å². The number of aryl methyl sites for hydroxylation is 1. The van der Waals surface area contributed by atoms with Gasteiger partial charge in [0, 0.05) is 51.0 Å². The highest BCUT2D eigenvalue weighted by molar-refractivity contribution is 5.63. The van der Waals surface area contributed by atoms with Crippen LogP contribution in [0.2, 0.25) is 0 Å². The molecule has 0 N–H and O–H groups in total. The third kappa shape index (κ3) is 3.58. The van der Waals surface area contributed by atoms with E-state index in [4.69, 9.17) is 5.10 Å². The van der Waals surface area contributed by atoms with Gasteiger partial charge in [-0.25, -0.2) is 14.4 Å². The highest BCUT2D eigenvalue weighted by Crippen LogP contribution is 2.28. The van der Waals surface area contributed by atoms with Gasteiger partial charge in [0.1, 0.15) is 12.0 Å². The van der Waals surface area contributed by atoms with Crippen molar-refractivity contribution in [3.63, 3.8) is 0 Å². The second-order valence-electron chi connectivity index (χ2n) is 8.19. The van der Waals surface area contributed by atoms with Crippen molar-refractivity contribution in [1.29, 1.82) is 0 Å². The van der Waals surface area contributed by atoms with E-state index in [1.807, 2.05) is 35.2 Å².